The van der Waals surface area contributed by atoms with Gasteiger partial charge < -0.3 is 98.1 Å². The molecule has 0 bridgehead atoms. The van der Waals surface area contributed by atoms with E-state index in [1.807, 2.05) is 43.3 Å². The van der Waals surface area contributed by atoms with Gasteiger partial charge in [-0.3, -0.25) is 0 Å². The molecule has 6 aliphatic rings. The Bertz CT molecular complexity index is 7460. The molecule has 148 heavy (non-hydrogen) atoms. The number of anilines is 6. The van der Waals surface area contributed by atoms with Crippen LogP contribution in [-0.2, 0) is 4.74 Å². The molecule has 0 unspecified atom stereocenters. The summed E-state index contributed by atoms with van der Waals surface area (Å²) >= 11 is 0. The van der Waals surface area contributed by atoms with Gasteiger partial charge >= 0.3 is 11.9 Å². The number of rotatable bonds is 27. The number of hydrogen-bond donors (Lipinski definition) is 5. The minimum atomic E-state index is -0.938. The maximum Gasteiger partial charge on any atom is 0.338 e. The van der Waals surface area contributed by atoms with Crippen molar-refractivity contribution in [2.24, 2.45) is 0 Å². The van der Waals surface area contributed by atoms with Crippen molar-refractivity contribution in [1.82, 2.24) is 4.58 Å². The number of nitrogens with zero attached hydrogens (tertiary/aromatic N) is 6. The largest absolute Gasteiger partial charge is 1.00 e. The molecule has 5 N–H and O–H groups in total. The molecule has 16 nitrogen and oxygen atoms in total. The first kappa shape index (κ1) is 114. The van der Waals surface area contributed by atoms with E-state index in [0.29, 0.717) is 17.7 Å². The first-order chi connectivity index (χ1) is 69.9. The number of esters is 1. The number of carboxylic acid groups (broad SMARTS) is 1. The summed E-state index contributed by atoms with van der Waals surface area (Å²) in [5.41, 5.74) is 38.5. The lowest BCUT2D eigenvalue weighted by Crippen LogP contribution is -3.00. The van der Waals surface area contributed by atoms with Crippen LogP contribution in [0.15, 0.2) is 336 Å². The van der Waals surface area contributed by atoms with E-state index in [1.54, 1.807) is 12.1 Å². The van der Waals surface area contributed by atoms with Crippen LogP contribution in [0.5, 0.6) is 0 Å². The lowest BCUT2D eigenvalue weighted by molar-refractivity contribution is -0.496. The van der Waals surface area contributed by atoms with E-state index < -0.39 is 5.97 Å². The number of benzene rings is 14. The number of aromatic carboxylic acids is 1. The summed E-state index contributed by atoms with van der Waals surface area (Å²) in [5, 5.41) is 17.3. The highest BCUT2D eigenvalue weighted by atomic mass is 35.5. The number of carbonyl (C=O) groups excluding carboxylic acids is 1. The van der Waals surface area contributed by atoms with Crippen LogP contribution in [0.25, 0.3) is 89.1 Å². The molecule has 12 aromatic carbocycles. The van der Waals surface area contributed by atoms with Gasteiger partial charge in [-0.2, -0.15) is 0 Å². The lowest BCUT2D eigenvalue weighted by atomic mass is 9.83. The normalized spacial score (nSPS) is 12.2. The molecular weight excluding hydrogens is 1920 g/mol. The Morgan fingerprint density at radius 3 is 1.20 bits per heavy atom. The molecule has 0 saturated heterocycles. The number of halogens is 4. The van der Waals surface area contributed by atoms with Crippen molar-refractivity contribution in [3.8, 4) is 44.9 Å². The third-order valence-corrected chi connectivity index (χ3v) is 27.2. The zero-order chi connectivity index (χ0) is 102. The quantitative estimate of drug-likeness (QED) is 0.0188. The van der Waals surface area contributed by atoms with Crippen molar-refractivity contribution in [3.63, 3.8) is 0 Å². The average molecular weight is 2050 g/mol. The Hall–Kier alpha value is -14.8. The van der Waals surface area contributed by atoms with Gasteiger partial charge in [-0.25, -0.2) is 29.1 Å². The second-order valence-electron chi connectivity index (χ2n) is 36.6. The van der Waals surface area contributed by atoms with Crippen molar-refractivity contribution in [2.75, 3.05) is 130 Å². The summed E-state index contributed by atoms with van der Waals surface area (Å²) < 4.78 is 20.6. The van der Waals surface area contributed by atoms with Crippen LogP contribution in [0.2, 0.25) is 0 Å². The van der Waals surface area contributed by atoms with E-state index in [0.717, 1.165) is 183 Å². The van der Waals surface area contributed by atoms with Crippen molar-refractivity contribution in [2.45, 2.75) is 104 Å². The Balaban J connectivity index is 0.000000186. The summed E-state index contributed by atoms with van der Waals surface area (Å²) in [7, 11) is 8.31. The zero-order valence-electron chi connectivity index (χ0n) is 88.6. The first-order valence-corrected chi connectivity index (χ1v) is 50.9. The molecule has 0 atom stereocenters. The molecule has 12 aromatic rings. The molecule has 4 aliphatic carbocycles. The summed E-state index contributed by atoms with van der Waals surface area (Å²) in [4.78, 5) is 47.0. The minimum absolute atomic E-state index is 0. The van der Waals surface area contributed by atoms with Crippen LogP contribution in [0.3, 0.4) is 0 Å². The van der Waals surface area contributed by atoms with Gasteiger partial charge in [0.1, 0.15) is 42.3 Å². The van der Waals surface area contributed by atoms with E-state index in [4.69, 9.17) is 13.6 Å². The summed E-state index contributed by atoms with van der Waals surface area (Å²) in [5.74, 6) is 0.257. The molecule has 0 aromatic heterocycles. The molecule has 0 radical (unpaired) electrons. The molecule has 0 spiro atoms. The second kappa shape index (κ2) is 53.0. The van der Waals surface area contributed by atoms with Gasteiger partial charge in [-0.05, 0) is 291 Å². The van der Waals surface area contributed by atoms with Gasteiger partial charge in [0.05, 0.1) is 41.0 Å². The van der Waals surface area contributed by atoms with E-state index in [1.165, 1.54) is 101 Å². The van der Waals surface area contributed by atoms with E-state index >= 15 is 0 Å². The highest BCUT2D eigenvalue weighted by molar-refractivity contribution is 6.19. The number of allylic oxidation sites excluding steroid dienone is 6. The summed E-state index contributed by atoms with van der Waals surface area (Å²) in [6.07, 6.45) is 8.98. The Kier molecular flexibility index (Phi) is 40.7. The van der Waals surface area contributed by atoms with E-state index in [9.17, 15) is 14.7 Å². The summed E-state index contributed by atoms with van der Waals surface area (Å²) in [6.45, 7) is 41.3. The lowest BCUT2D eigenvalue weighted by Gasteiger charge is -2.24. The number of fused-ring (bicyclic) bond motifs is 6. The molecule has 764 valence electrons. The number of hydrogen-bond acceptors (Lipinski definition) is 11. The van der Waals surface area contributed by atoms with Crippen LogP contribution in [0, 0.1) is 27.7 Å². The molecular formula is C128H138Cl4N10O6. The van der Waals surface area contributed by atoms with Crippen LogP contribution >= 0.6 is 0 Å². The zero-order valence-corrected chi connectivity index (χ0v) is 91.7. The fourth-order valence-corrected chi connectivity index (χ4v) is 19.5. The monoisotopic (exact) mass is 2050 g/mol. The SMILES string of the molecule is CCN(CC)c1ccc(C(=C2C=CC(=[NH+]c3ccc(C)cc3)c3ccccc32)c2ccc(N(CC)CC)cc2)cc1.CCN(CC)c1ccc2c(-c3ccccc3C(=O)O)c3ccc(=[N+](CC)CC)cc-3oc2c1.CCNc1cc2oc3cc(=[NH+]CC)c(C)cc-3c(-c3ccccc3C(=O)OCC)c2cc1C.Cc1ccc([NH+]=C2C=CC(=C(c3ccc(N(C)C)cc3)c3ccc(N(C)C)cc3)c3ccccc32)cc1.[Cl-].[Cl-].[Cl-].[Cl-]. The molecule has 2 aliphatic heterocycles. The van der Waals surface area contributed by atoms with Gasteiger partial charge in [0.25, 0.3) is 0 Å². The third kappa shape index (κ3) is 25.7. The van der Waals surface area contributed by atoms with Crippen molar-refractivity contribution in [1.29, 1.82) is 0 Å². The standard InChI is InChI=1S/C38H41N3.C34H33N3.2C28H30N2O3.4ClH/c1-6-40(7-2)32-22-16-29(17-23-32)38(30-18-24-33(25-19-30)41(8-3)9-4)36-26-27-37(35-13-11-10-12-34(35)36)39-31-20-14-28(5)15-21-31;1-24-10-16-27(17-11-24)35-33-23-22-32(30-8-6-7-9-31(30)33)34(25-12-18-28(19-13-25)36(2)3)26-14-20-29(21-15-26)37(4)5;1-6-29-23-15-25-21(13-17(23)4)27(19-11-9-10-12-20(19)28(31)32-8-3)22-14-18(5)24(30-7-2)16-26(22)33-25;1-5-29(6-2)19-13-15-23-25(17-19)33-26-18-20(30(7-3)8-4)14-16-24(26)27(23)21-11-9-10-12-22(21)28(31)32;;;;/h10-27H,6-9H2,1-5H3;6-23H,1-5H3;9-16,29H,6-8H2,1-5H3;9-18H,5-8H2,1-4H3;4*1H. The Morgan fingerprint density at radius 2 is 0.770 bits per heavy atom. The molecule has 0 saturated carbocycles. The van der Waals surface area contributed by atoms with Gasteiger partial charge in [0.2, 0.25) is 33.5 Å². The second-order valence-corrected chi connectivity index (χ2v) is 36.6. The number of carbonyl (C=O) groups is 2. The van der Waals surface area contributed by atoms with Crippen molar-refractivity contribution in [3.05, 3.63) is 416 Å². The Labute approximate surface area is 899 Å². The maximum atomic E-state index is 12.9. The number of aryl methyl sites for hydroxylation is 4. The highest BCUT2D eigenvalue weighted by Gasteiger charge is 2.30. The molecule has 20 heteroatoms. The highest BCUT2D eigenvalue weighted by Crippen LogP contribution is 2.47. The minimum Gasteiger partial charge on any atom is -1.00 e. The molecule has 0 amide bonds. The number of ether oxygens (including phenoxy) is 1. The first-order valence-electron chi connectivity index (χ1n) is 50.9. The van der Waals surface area contributed by atoms with Crippen molar-refractivity contribution < 1.29 is 92.9 Å². The molecule has 2 heterocycles. The fraction of sp³-hybridized carbons (Fsp3) is 0.234. The van der Waals surface area contributed by atoms with E-state index in [-0.39, 0.29) is 61.2 Å². The van der Waals surface area contributed by atoms with E-state index in [2.05, 4.69) is 454 Å². The predicted molar refractivity (Wildman–Crippen MR) is 604 cm³/mol. The molecule has 18 rings (SSSR count). The maximum absolute atomic E-state index is 12.9. The summed E-state index contributed by atoms with van der Waals surface area (Å²) in [6, 6.07) is 106. The Morgan fingerprint density at radius 1 is 0.372 bits per heavy atom. The van der Waals surface area contributed by atoms with Crippen LogP contribution < -0.4 is 110 Å². The van der Waals surface area contributed by atoms with Crippen LogP contribution in [0.1, 0.15) is 164 Å². The van der Waals surface area contributed by atoms with Crippen LogP contribution in [-0.4, -0.2) is 129 Å². The number of nitrogens with one attached hydrogen (secondary N) is 4. The number of carboxylic acids is 1. The third-order valence-electron chi connectivity index (χ3n) is 27.2. The van der Waals surface area contributed by atoms with Crippen LogP contribution in [0.4, 0.5) is 45.5 Å². The predicted octanol–water partition coefficient (Wildman–Crippen LogP) is 11.3. The smallest absolute Gasteiger partial charge is 0.338 e. The van der Waals surface area contributed by atoms with Gasteiger partial charge in [-0.15, -0.1) is 0 Å². The molecule has 0 fully saturated rings. The fourth-order valence-electron chi connectivity index (χ4n) is 19.5. The average Bonchev–Trinajstić information content (AvgIpc) is 0.742. The topological polar surface area (TPSA) is 163 Å². The van der Waals surface area contributed by atoms with Gasteiger partial charge in [0.15, 0.2) is 0 Å². The van der Waals surface area contributed by atoms with Gasteiger partial charge in [-0.1, -0.05) is 157 Å². The van der Waals surface area contributed by atoms with Crippen molar-refractivity contribution >= 4 is 113 Å². The van der Waals surface area contributed by atoms with Gasteiger partial charge in [0, 0.05) is 201 Å².